The first-order valence-electron chi connectivity index (χ1n) is 9.96. The van der Waals surface area contributed by atoms with Crippen LogP contribution in [0, 0.1) is 5.82 Å². The van der Waals surface area contributed by atoms with Gasteiger partial charge in [-0.25, -0.2) is 12.8 Å². The number of rotatable bonds is 6. The first kappa shape index (κ1) is 20.9. The predicted molar refractivity (Wildman–Crippen MR) is 119 cm³/mol. The van der Waals surface area contributed by atoms with Crippen LogP contribution in [0.1, 0.15) is 23.2 Å². The molecule has 0 radical (unpaired) electrons. The number of carbonyl (C=O) groups excluding carboxylic acids is 1. The molecule has 0 aromatic heterocycles. The summed E-state index contributed by atoms with van der Waals surface area (Å²) in [5.74, 6) is -0.849. The molecule has 1 aliphatic heterocycles. The zero-order chi connectivity index (χ0) is 21.8. The van der Waals surface area contributed by atoms with E-state index in [0.29, 0.717) is 11.4 Å². The average molecular weight is 440 g/mol. The van der Waals surface area contributed by atoms with Crippen molar-refractivity contribution in [3.05, 3.63) is 84.2 Å². The Morgan fingerprint density at radius 1 is 0.871 bits per heavy atom. The third-order valence-electron chi connectivity index (χ3n) is 5.08. The SMILES string of the molecule is O=C(Nc1ccc(N2CCCC2)c(F)c1)c1cccc(NS(=O)(=O)c2ccccc2)c1. The van der Waals surface area contributed by atoms with Gasteiger partial charge in [-0.05, 0) is 61.4 Å². The van der Waals surface area contributed by atoms with E-state index < -0.39 is 15.9 Å². The lowest BCUT2D eigenvalue weighted by Crippen LogP contribution is -2.19. The molecule has 1 amide bonds. The normalized spacial score (nSPS) is 13.8. The molecule has 2 N–H and O–H groups in total. The minimum atomic E-state index is -3.77. The Bertz CT molecular complexity index is 1190. The molecule has 1 fully saturated rings. The number of nitrogens with one attached hydrogen (secondary N) is 2. The molecule has 0 spiro atoms. The summed E-state index contributed by atoms with van der Waals surface area (Å²) in [4.78, 5) is 14.7. The standard InChI is InChI=1S/C23H22FN3O3S/c24-21-16-18(11-12-22(21)27-13-4-5-14-27)25-23(28)17-7-6-8-19(15-17)26-31(29,30)20-9-2-1-3-10-20/h1-3,6-12,15-16,26H,4-5,13-14H2,(H,25,28). The Balaban J connectivity index is 1.48. The molecule has 3 aromatic carbocycles. The van der Waals surface area contributed by atoms with Crippen LogP contribution in [0.5, 0.6) is 0 Å². The molecule has 6 nitrogen and oxygen atoms in total. The van der Waals surface area contributed by atoms with Gasteiger partial charge in [-0.2, -0.15) is 0 Å². The fourth-order valence-electron chi connectivity index (χ4n) is 3.54. The summed E-state index contributed by atoms with van der Waals surface area (Å²) >= 11 is 0. The number of nitrogens with zero attached hydrogens (tertiary/aromatic N) is 1. The van der Waals surface area contributed by atoms with Gasteiger partial charge < -0.3 is 10.2 Å². The topological polar surface area (TPSA) is 78.5 Å². The van der Waals surface area contributed by atoms with E-state index in [4.69, 9.17) is 0 Å². The van der Waals surface area contributed by atoms with Crippen molar-refractivity contribution >= 4 is 33.0 Å². The van der Waals surface area contributed by atoms with Crippen LogP contribution in [0.2, 0.25) is 0 Å². The molecule has 3 aromatic rings. The lowest BCUT2D eigenvalue weighted by molar-refractivity contribution is 0.102. The Hall–Kier alpha value is -3.39. The van der Waals surface area contributed by atoms with Gasteiger partial charge in [0, 0.05) is 30.0 Å². The van der Waals surface area contributed by atoms with Crippen molar-refractivity contribution in [3.8, 4) is 0 Å². The van der Waals surface area contributed by atoms with Crippen LogP contribution in [-0.2, 0) is 10.0 Å². The summed E-state index contributed by atoms with van der Waals surface area (Å²) in [6, 6.07) is 18.7. The second-order valence-electron chi connectivity index (χ2n) is 7.31. The van der Waals surface area contributed by atoms with Crippen molar-refractivity contribution < 1.29 is 17.6 Å². The molecule has 0 aliphatic carbocycles. The van der Waals surface area contributed by atoms with Gasteiger partial charge in [0.1, 0.15) is 5.82 Å². The average Bonchev–Trinajstić information content (AvgIpc) is 3.29. The van der Waals surface area contributed by atoms with Crippen molar-refractivity contribution in [1.29, 1.82) is 0 Å². The number of anilines is 3. The number of amides is 1. The molecule has 0 atom stereocenters. The molecular weight excluding hydrogens is 417 g/mol. The Morgan fingerprint density at radius 2 is 1.61 bits per heavy atom. The van der Waals surface area contributed by atoms with Gasteiger partial charge in [0.25, 0.3) is 15.9 Å². The van der Waals surface area contributed by atoms with Crippen LogP contribution in [-0.4, -0.2) is 27.4 Å². The minimum Gasteiger partial charge on any atom is -0.369 e. The van der Waals surface area contributed by atoms with E-state index in [2.05, 4.69) is 10.0 Å². The van der Waals surface area contributed by atoms with E-state index in [1.165, 1.54) is 24.3 Å². The van der Waals surface area contributed by atoms with E-state index in [1.807, 2.05) is 4.90 Å². The van der Waals surface area contributed by atoms with Crippen LogP contribution in [0.15, 0.2) is 77.7 Å². The lowest BCUT2D eigenvalue weighted by atomic mass is 10.2. The lowest BCUT2D eigenvalue weighted by Gasteiger charge is -2.19. The maximum Gasteiger partial charge on any atom is 0.261 e. The van der Waals surface area contributed by atoms with Gasteiger partial charge in [0.15, 0.2) is 0 Å². The minimum absolute atomic E-state index is 0.124. The summed E-state index contributed by atoms with van der Waals surface area (Å²) in [7, 11) is -3.77. The third-order valence-corrected chi connectivity index (χ3v) is 6.48. The quantitative estimate of drug-likeness (QED) is 0.594. The first-order chi connectivity index (χ1) is 14.9. The van der Waals surface area contributed by atoms with Crippen LogP contribution >= 0.6 is 0 Å². The van der Waals surface area contributed by atoms with Crippen molar-refractivity contribution in [1.82, 2.24) is 0 Å². The zero-order valence-electron chi connectivity index (χ0n) is 16.7. The van der Waals surface area contributed by atoms with Gasteiger partial charge in [-0.1, -0.05) is 24.3 Å². The molecule has 1 saturated heterocycles. The van der Waals surface area contributed by atoms with Crippen molar-refractivity contribution in [2.45, 2.75) is 17.7 Å². The smallest absolute Gasteiger partial charge is 0.261 e. The Morgan fingerprint density at radius 3 is 2.32 bits per heavy atom. The molecule has 0 saturated carbocycles. The molecule has 1 aliphatic rings. The van der Waals surface area contributed by atoms with E-state index in [1.54, 1.807) is 48.5 Å². The highest BCUT2D eigenvalue weighted by Gasteiger charge is 2.18. The molecule has 0 unspecified atom stereocenters. The highest BCUT2D eigenvalue weighted by molar-refractivity contribution is 7.92. The van der Waals surface area contributed by atoms with Gasteiger partial charge in [-0.15, -0.1) is 0 Å². The number of carbonyl (C=O) groups is 1. The van der Waals surface area contributed by atoms with Crippen molar-refractivity contribution in [2.75, 3.05) is 28.0 Å². The molecule has 31 heavy (non-hydrogen) atoms. The molecule has 0 bridgehead atoms. The van der Waals surface area contributed by atoms with Gasteiger partial charge in [0.05, 0.1) is 10.6 Å². The van der Waals surface area contributed by atoms with Gasteiger partial charge in [-0.3, -0.25) is 9.52 Å². The van der Waals surface area contributed by atoms with Crippen molar-refractivity contribution in [3.63, 3.8) is 0 Å². The summed E-state index contributed by atoms with van der Waals surface area (Å²) in [5.41, 5.74) is 1.37. The fourth-order valence-corrected chi connectivity index (χ4v) is 4.61. The third kappa shape index (κ3) is 4.86. The first-order valence-corrected chi connectivity index (χ1v) is 11.4. The highest BCUT2D eigenvalue weighted by Crippen LogP contribution is 2.26. The second kappa shape index (κ2) is 8.77. The van der Waals surface area contributed by atoms with Gasteiger partial charge >= 0.3 is 0 Å². The number of benzene rings is 3. The van der Waals surface area contributed by atoms with E-state index >= 15 is 0 Å². The second-order valence-corrected chi connectivity index (χ2v) is 9.00. The molecule has 160 valence electrons. The number of hydrogen-bond donors (Lipinski definition) is 2. The van der Waals surface area contributed by atoms with E-state index in [-0.39, 0.29) is 22.0 Å². The van der Waals surface area contributed by atoms with Crippen LogP contribution < -0.4 is 14.9 Å². The fraction of sp³-hybridized carbons (Fsp3) is 0.174. The van der Waals surface area contributed by atoms with E-state index in [0.717, 1.165) is 25.9 Å². The molecule has 4 rings (SSSR count). The number of sulfonamides is 1. The maximum absolute atomic E-state index is 14.5. The summed E-state index contributed by atoms with van der Waals surface area (Å²) < 4.78 is 42.0. The van der Waals surface area contributed by atoms with Gasteiger partial charge in [0.2, 0.25) is 0 Å². The largest absolute Gasteiger partial charge is 0.369 e. The zero-order valence-corrected chi connectivity index (χ0v) is 17.5. The van der Waals surface area contributed by atoms with Crippen LogP contribution in [0.4, 0.5) is 21.5 Å². The molecular formula is C23H22FN3O3S. The summed E-state index contributed by atoms with van der Waals surface area (Å²) in [6.45, 7) is 1.66. The van der Waals surface area contributed by atoms with Crippen LogP contribution in [0.3, 0.4) is 0 Å². The Labute approximate surface area is 180 Å². The molecule has 8 heteroatoms. The summed E-state index contributed by atoms with van der Waals surface area (Å²) in [5, 5.41) is 2.66. The predicted octanol–water partition coefficient (Wildman–Crippen LogP) is 4.48. The number of halogens is 1. The van der Waals surface area contributed by atoms with Crippen LogP contribution in [0.25, 0.3) is 0 Å². The van der Waals surface area contributed by atoms with Crippen molar-refractivity contribution in [2.24, 2.45) is 0 Å². The summed E-state index contributed by atoms with van der Waals surface area (Å²) in [6.07, 6.45) is 2.09. The monoisotopic (exact) mass is 439 g/mol. The molecule has 1 heterocycles. The highest BCUT2D eigenvalue weighted by atomic mass is 32.2. The number of hydrogen-bond acceptors (Lipinski definition) is 4. The Kier molecular flexibility index (Phi) is 5.90. The maximum atomic E-state index is 14.5. The van der Waals surface area contributed by atoms with E-state index in [9.17, 15) is 17.6 Å².